The van der Waals surface area contributed by atoms with Crippen LogP contribution in [0.2, 0.25) is 0 Å². The van der Waals surface area contributed by atoms with Crippen LogP contribution in [0.3, 0.4) is 0 Å². The smallest absolute Gasteiger partial charge is 0.416 e. The summed E-state index contributed by atoms with van der Waals surface area (Å²) < 4.78 is 43.3. The molecule has 0 radical (unpaired) electrons. The number of halogens is 3. The molecule has 4 nitrogen and oxygen atoms in total. The fourth-order valence-corrected chi connectivity index (χ4v) is 3.36. The lowest BCUT2D eigenvalue weighted by atomic mass is 9.94. The Labute approximate surface area is 153 Å². The zero-order valence-corrected chi connectivity index (χ0v) is 14.5. The lowest BCUT2D eigenvalue weighted by Crippen LogP contribution is -2.27. The Balaban J connectivity index is 1.60. The minimum Gasteiger partial charge on any atom is -0.497 e. The molecule has 4 rings (SSSR count). The summed E-state index contributed by atoms with van der Waals surface area (Å²) in [4.78, 5) is 16.1. The minimum absolute atomic E-state index is 0.217. The van der Waals surface area contributed by atoms with Crippen molar-refractivity contribution in [3.8, 4) is 5.75 Å². The van der Waals surface area contributed by atoms with Crippen molar-refractivity contribution < 1.29 is 22.7 Å². The van der Waals surface area contributed by atoms with E-state index in [0.717, 1.165) is 28.6 Å². The van der Waals surface area contributed by atoms with Gasteiger partial charge in [-0.05, 0) is 60.9 Å². The Morgan fingerprint density at radius 1 is 1.15 bits per heavy atom. The van der Waals surface area contributed by atoms with E-state index in [1.54, 1.807) is 7.11 Å². The highest BCUT2D eigenvalue weighted by Gasteiger charge is 2.52. The van der Waals surface area contributed by atoms with Crippen LogP contribution in [0, 0.1) is 0 Å². The number of methoxy groups -OCH3 is 1. The molecule has 0 saturated heterocycles. The third-order valence-corrected chi connectivity index (χ3v) is 5.06. The van der Waals surface area contributed by atoms with Gasteiger partial charge in [0.2, 0.25) is 5.91 Å². The predicted molar refractivity (Wildman–Crippen MR) is 95.8 cm³/mol. The number of fused-ring (bicyclic) bond motifs is 1. The number of H-pyrrole nitrogens is 1. The zero-order valence-electron chi connectivity index (χ0n) is 14.5. The average molecular weight is 374 g/mol. The number of nitrogens with one attached hydrogen (secondary N) is 2. The van der Waals surface area contributed by atoms with Crippen LogP contribution in [-0.2, 0) is 16.4 Å². The third-order valence-electron chi connectivity index (χ3n) is 5.06. The van der Waals surface area contributed by atoms with Gasteiger partial charge in [-0.25, -0.2) is 0 Å². The van der Waals surface area contributed by atoms with Gasteiger partial charge in [0.25, 0.3) is 0 Å². The molecule has 1 heterocycles. The molecule has 1 saturated carbocycles. The van der Waals surface area contributed by atoms with Gasteiger partial charge >= 0.3 is 6.18 Å². The highest BCUT2D eigenvalue weighted by Crippen LogP contribution is 2.51. The lowest BCUT2D eigenvalue weighted by Gasteiger charge is -2.16. The number of aromatic nitrogens is 1. The topological polar surface area (TPSA) is 54.1 Å². The van der Waals surface area contributed by atoms with Crippen molar-refractivity contribution in [3.63, 3.8) is 0 Å². The average Bonchev–Trinajstić information content (AvgIpc) is 3.34. The zero-order chi connectivity index (χ0) is 19.2. The Hall–Kier alpha value is -2.96. The molecule has 1 fully saturated rings. The van der Waals surface area contributed by atoms with Crippen molar-refractivity contribution in [2.75, 3.05) is 12.4 Å². The maximum Gasteiger partial charge on any atom is 0.416 e. The van der Waals surface area contributed by atoms with E-state index in [4.69, 9.17) is 4.74 Å². The highest BCUT2D eigenvalue weighted by atomic mass is 19.4. The molecule has 27 heavy (non-hydrogen) atoms. The quantitative estimate of drug-likeness (QED) is 0.685. The summed E-state index contributed by atoms with van der Waals surface area (Å²) >= 11 is 0. The first kappa shape index (κ1) is 17.5. The van der Waals surface area contributed by atoms with E-state index in [-0.39, 0.29) is 5.91 Å². The Kier molecular flexibility index (Phi) is 3.91. The largest absolute Gasteiger partial charge is 0.497 e. The normalized spacial score (nSPS) is 15.6. The molecule has 1 aromatic heterocycles. The Morgan fingerprint density at radius 3 is 2.44 bits per heavy atom. The van der Waals surface area contributed by atoms with E-state index in [1.807, 2.05) is 24.4 Å². The van der Waals surface area contributed by atoms with E-state index < -0.39 is 17.2 Å². The van der Waals surface area contributed by atoms with Gasteiger partial charge in [0, 0.05) is 22.8 Å². The molecule has 1 amide bonds. The van der Waals surface area contributed by atoms with Crippen LogP contribution in [0.5, 0.6) is 5.75 Å². The molecule has 2 aromatic carbocycles. The first-order chi connectivity index (χ1) is 12.8. The summed E-state index contributed by atoms with van der Waals surface area (Å²) in [6.45, 7) is 0. The minimum atomic E-state index is -4.40. The molecular weight excluding hydrogens is 357 g/mol. The molecule has 3 aromatic rings. The summed E-state index contributed by atoms with van der Waals surface area (Å²) in [7, 11) is 1.58. The summed E-state index contributed by atoms with van der Waals surface area (Å²) in [5.41, 5.74) is 0.704. The van der Waals surface area contributed by atoms with Gasteiger partial charge in [-0.15, -0.1) is 0 Å². The fraction of sp³-hybridized carbons (Fsp3) is 0.250. The third kappa shape index (κ3) is 3.03. The standard InChI is InChI=1S/C20H17F3N2O2/c1-27-14-6-7-17-15(10-14)16(11-24-17)19(8-9-19)18(26)25-13-4-2-12(3-5-13)20(21,22)23/h2-7,10-11,24H,8-9H2,1H3,(H,25,26). The highest BCUT2D eigenvalue weighted by molar-refractivity contribution is 6.04. The molecular formula is C20H17F3N2O2. The van der Waals surface area contributed by atoms with E-state index in [9.17, 15) is 18.0 Å². The summed E-state index contributed by atoms with van der Waals surface area (Å²) in [6, 6.07) is 10.1. The first-order valence-corrected chi connectivity index (χ1v) is 8.48. The maximum absolute atomic E-state index is 12.9. The molecule has 0 atom stereocenters. The van der Waals surface area contributed by atoms with Gasteiger partial charge in [0.15, 0.2) is 0 Å². The second kappa shape index (κ2) is 6.04. The molecule has 1 aliphatic rings. The van der Waals surface area contributed by atoms with Crippen LogP contribution < -0.4 is 10.1 Å². The van der Waals surface area contributed by atoms with Crippen LogP contribution in [0.1, 0.15) is 24.0 Å². The van der Waals surface area contributed by atoms with Crippen molar-refractivity contribution in [1.82, 2.24) is 4.98 Å². The second-order valence-electron chi connectivity index (χ2n) is 6.73. The molecule has 0 bridgehead atoms. The predicted octanol–water partition coefficient (Wildman–Crippen LogP) is 4.87. The van der Waals surface area contributed by atoms with Gasteiger partial charge in [0.1, 0.15) is 5.75 Å². The fourth-order valence-electron chi connectivity index (χ4n) is 3.36. The number of amides is 1. The SMILES string of the molecule is COc1ccc2[nH]cc(C3(C(=O)Nc4ccc(C(F)(F)F)cc4)CC3)c2c1. The Bertz CT molecular complexity index is 1000. The lowest BCUT2D eigenvalue weighted by molar-refractivity contribution is -0.137. The Morgan fingerprint density at radius 2 is 1.85 bits per heavy atom. The first-order valence-electron chi connectivity index (χ1n) is 8.48. The molecule has 2 N–H and O–H groups in total. The van der Waals surface area contributed by atoms with Gasteiger partial charge in [0.05, 0.1) is 18.1 Å². The number of ether oxygens (including phenoxy) is 1. The number of anilines is 1. The maximum atomic E-state index is 12.9. The van der Waals surface area contributed by atoms with E-state index in [2.05, 4.69) is 10.3 Å². The van der Waals surface area contributed by atoms with Crippen LogP contribution in [0.4, 0.5) is 18.9 Å². The molecule has 0 spiro atoms. The molecule has 0 aliphatic heterocycles. The van der Waals surface area contributed by atoms with Crippen LogP contribution >= 0.6 is 0 Å². The second-order valence-corrected chi connectivity index (χ2v) is 6.73. The van der Waals surface area contributed by atoms with E-state index in [1.165, 1.54) is 12.1 Å². The molecule has 1 aliphatic carbocycles. The van der Waals surface area contributed by atoms with Gasteiger partial charge < -0.3 is 15.0 Å². The summed E-state index contributed by atoms with van der Waals surface area (Å²) in [6.07, 6.45) is -1.21. The number of alkyl halides is 3. The summed E-state index contributed by atoms with van der Waals surface area (Å²) in [5.74, 6) is 0.480. The van der Waals surface area contributed by atoms with Crippen molar-refractivity contribution in [1.29, 1.82) is 0 Å². The monoisotopic (exact) mass is 374 g/mol. The van der Waals surface area contributed by atoms with E-state index >= 15 is 0 Å². The van der Waals surface area contributed by atoms with Crippen LogP contribution in [0.25, 0.3) is 10.9 Å². The number of carbonyl (C=O) groups is 1. The summed E-state index contributed by atoms with van der Waals surface area (Å²) in [5, 5.41) is 3.67. The number of rotatable bonds is 4. The van der Waals surface area contributed by atoms with Crippen LogP contribution in [0.15, 0.2) is 48.7 Å². The van der Waals surface area contributed by atoms with E-state index in [0.29, 0.717) is 24.3 Å². The van der Waals surface area contributed by atoms with Crippen molar-refractivity contribution in [3.05, 3.63) is 59.8 Å². The number of benzene rings is 2. The van der Waals surface area contributed by atoms with Crippen molar-refractivity contribution in [2.24, 2.45) is 0 Å². The molecule has 0 unspecified atom stereocenters. The van der Waals surface area contributed by atoms with Gasteiger partial charge in [-0.1, -0.05) is 0 Å². The van der Waals surface area contributed by atoms with Crippen molar-refractivity contribution in [2.45, 2.75) is 24.4 Å². The number of hydrogen-bond donors (Lipinski definition) is 2. The van der Waals surface area contributed by atoms with Crippen molar-refractivity contribution >= 4 is 22.5 Å². The van der Waals surface area contributed by atoms with Crippen LogP contribution in [-0.4, -0.2) is 18.0 Å². The number of aromatic amines is 1. The molecule has 140 valence electrons. The van der Waals surface area contributed by atoms with Gasteiger partial charge in [-0.2, -0.15) is 13.2 Å². The number of hydrogen-bond acceptors (Lipinski definition) is 2. The van der Waals surface area contributed by atoms with Gasteiger partial charge in [-0.3, -0.25) is 4.79 Å². The molecule has 7 heteroatoms. The number of carbonyl (C=O) groups excluding carboxylic acids is 1.